The quantitative estimate of drug-likeness (QED) is 0.679. The number of hydrogen-bond donors (Lipinski definition) is 3. The molecule has 0 spiro atoms. The summed E-state index contributed by atoms with van der Waals surface area (Å²) >= 11 is 5.81. The lowest BCUT2D eigenvalue weighted by atomic mass is 10.1. The molecule has 4 N–H and O–H groups in total. The zero-order valence-electron chi connectivity index (χ0n) is 8.79. The molecule has 1 amide bonds. The number of amides is 1. The fourth-order valence-electron chi connectivity index (χ4n) is 1.18. The lowest BCUT2D eigenvalue weighted by Gasteiger charge is -2.10. The molecule has 6 heteroatoms. The molecule has 5 nitrogen and oxygen atoms in total. The first-order valence-corrected chi connectivity index (χ1v) is 5.00. The largest absolute Gasteiger partial charge is 0.496 e. The second-order valence-corrected chi connectivity index (χ2v) is 3.46. The summed E-state index contributed by atoms with van der Waals surface area (Å²) in [6.45, 7) is 0.0424. The molecule has 0 fully saturated rings. The van der Waals surface area contributed by atoms with E-state index in [1.54, 1.807) is 0 Å². The van der Waals surface area contributed by atoms with Crippen molar-refractivity contribution in [3.05, 3.63) is 22.7 Å². The molecule has 0 aliphatic heterocycles. The van der Waals surface area contributed by atoms with Gasteiger partial charge in [0.1, 0.15) is 5.75 Å². The number of nitrogens with one attached hydrogen (secondary N) is 1. The Bertz CT molecular complexity index is 396. The Morgan fingerprint density at radius 1 is 1.62 bits per heavy atom. The number of benzene rings is 1. The number of methoxy groups -OCH3 is 1. The summed E-state index contributed by atoms with van der Waals surface area (Å²) in [5, 5.41) is 11.4. The molecule has 0 bridgehead atoms. The molecular formula is C10H13ClN2O3. The number of nitrogens with two attached hydrogens (primary N) is 1. The van der Waals surface area contributed by atoms with Crippen LogP contribution in [0.15, 0.2) is 12.1 Å². The van der Waals surface area contributed by atoms with Gasteiger partial charge in [-0.25, -0.2) is 0 Å². The van der Waals surface area contributed by atoms with E-state index in [0.717, 1.165) is 0 Å². The van der Waals surface area contributed by atoms with Crippen molar-refractivity contribution in [2.24, 2.45) is 0 Å². The zero-order valence-corrected chi connectivity index (χ0v) is 9.54. The Labute approximate surface area is 98.2 Å². The number of hydrogen-bond acceptors (Lipinski definition) is 4. The summed E-state index contributed by atoms with van der Waals surface area (Å²) in [6.07, 6.45) is 0. The van der Waals surface area contributed by atoms with E-state index in [1.165, 1.54) is 19.2 Å². The molecular weight excluding hydrogens is 232 g/mol. The van der Waals surface area contributed by atoms with Gasteiger partial charge >= 0.3 is 0 Å². The Kier molecular flexibility index (Phi) is 4.39. The Balaban J connectivity index is 3.02. The van der Waals surface area contributed by atoms with Crippen LogP contribution in [0.5, 0.6) is 5.75 Å². The molecule has 1 aromatic rings. The van der Waals surface area contributed by atoms with Gasteiger partial charge in [0, 0.05) is 12.6 Å². The number of carbonyl (C=O) groups excluding carboxylic acids is 1. The highest BCUT2D eigenvalue weighted by Gasteiger charge is 2.14. The molecule has 0 aliphatic carbocycles. The summed E-state index contributed by atoms with van der Waals surface area (Å²) in [4.78, 5) is 11.6. The first kappa shape index (κ1) is 12.6. The molecule has 16 heavy (non-hydrogen) atoms. The molecule has 1 rings (SSSR count). The molecule has 0 unspecified atom stereocenters. The fraction of sp³-hybridized carbons (Fsp3) is 0.300. The van der Waals surface area contributed by atoms with Crippen molar-refractivity contribution < 1.29 is 14.6 Å². The Hall–Kier alpha value is -1.46. The average Bonchev–Trinajstić information content (AvgIpc) is 2.28. The molecule has 0 aromatic heterocycles. The third-order valence-electron chi connectivity index (χ3n) is 1.96. The van der Waals surface area contributed by atoms with E-state index in [2.05, 4.69) is 5.32 Å². The minimum absolute atomic E-state index is 0.128. The first-order chi connectivity index (χ1) is 7.60. The van der Waals surface area contributed by atoms with Crippen LogP contribution in [-0.4, -0.2) is 31.3 Å². The highest BCUT2D eigenvalue weighted by molar-refractivity contribution is 6.33. The van der Waals surface area contributed by atoms with Crippen molar-refractivity contribution in [3.8, 4) is 5.75 Å². The van der Waals surface area contributed by atoms with Gasteiger partial charge in [0.25, 0.3) is 5.91 Å². The minimum atomic E-state index is -0.368. The fourth-order valence-corrected chi connectivity index (χ4v) is 1.34. The molecule has 1 aromatic carbocycles. The lowest BCUT2D eigenvalue weighted by molar-refractivity contribution is 0.0942. The number of anilines is 1. The standard InChI is InChI=1S/C10H13ClN2O3/c1-16-9-5-8(12)7(11)4-6(9)10(15)13-2-3-14/h4-5,14H,2-3,12H2,1H3,(H,13,15). The summed E-state index contributed by atoms with van der Waals surface area (Å²) in [5.74, 6) is -0.0230. The van der Waals surface area contributed by atoms with Crippen LogP contribution in [0.2, 0.25) is 5.02 Å². The summed E-state index contributed by atoms with van der Waals surface area (Å²) in [5.41, 5.74) is 6.21. The predicted octanol–water partition coefficient (Wildman–Crippen LogP) is 0.653. The SMILES string of the molecule is COc1cc(N)c(Cl)cc1C(=O)NCCO. The predicted molar refractivity (Wildman–Crippen MR) is 61.8 cm³/mol. The van der Waals surface area contributed by atoms with Crippen molar-refractivity contribution in [1.82, 2.24) is 5.32 Å². The maximum atomic E-state index is 11.6. The number of aliphatic hydroxyl groups is 1. The Morgan fingerprint density at radius 2 is 2.31 bits per heavy atom. The second-order valence-electron chi connectivity index (χ2n) is 3.05. The van der Waals surface area contributed by atoms with Crippen LogP contribution in [0.4, 0.5) is 5.69 Å². The summed E-state index contributed by atoms with van der Waals surface area (Å²) in [6, 6.07) is 2.92. The third-order valence-corrected chi connectivity index (χ3v) is 2.29. The van der Waals surface area contributed by atoms with Crippen molar-refractivity contribution in [3.63, 3.8) is 0 Å². The van der Waals surface area contributed by atoms with Crippen molar-refractivity contribution in [2.45, 2.75) is 0 Å². The monoisotopic (exact) mass is 244 g/mol. The van der Waals surface area contributed by atoms with Crippen molar-refractivity contribution in [2.75, 3.05) is 26.0 Å². The molecule has 0 aliphatic rings. The number of rotatable bonds is 4. The van der Waals surface area contributed by atoms with E-state index in [4.69, 9.17) is 27.2 Å². The number of carbonyl (C=O) groups is 1. The minimum Gasteiger partial charge on any atom is -0.496 e. The molecule has 0 radical (unpaired) electrons. The zero-order chi connectivity index (χ0) is 12.1. The van der Waals surface area contributed by atoms with Gasteiger partial charge in [-0.1, -0.05) is 11.6 Å². The van der Waals surface area contributed by atoms with Crippen LogP contribution in [0.25, 0.3) is 0 Å². The van der Waals surface area contributed by atoms with Gasteiger partial charge in [-0.2, -0.15) is 0 Å². The van der Waals surface area contributed by atoms with Gasteiger partial charge in [0.05, 0.1) is 30.0 Å². The summed E-state index contributed by atoms with van der Waals surface area (Å²) in [7, 11) is 1.44. The van der Waals surface area contributed by atoms with E-state index in [-0.39, 0.29) is 29.6 Å². The van der Waals surface area contributed by atoms with Crippen LogP contribution in [0.3, 0.4) is 0 Å². The number of aliphatic hydroxyl groups excluding tert-OH is 1. The van der Waals surface area contributed by atoms with E-state index < -0.39 is 0 Å². The van der Waals surface area contributed by atoms with Crippen LogP contribution >= 0.6 is 11.6 Å². The van der Waals surface area contributed by atoms with E-state index in [9.17, 15) is 4.79 Å². The van der Waals surface area contributed by atoms with Gasteiger partial charge in [0.2, 0.25) is 0 Å². The number of nitrogen functional groups attached to an aromatic ring is 1. The van der Waals surface area contributed by atoms with Crippen molar-refractivity contribution in [1.29, 1.82) is 0 Å². The van der Waals surface area contributed by atoms with Crippen molar-refractivity contribution >= 4 is 23.2 Å². The molecule has 0 saturated heterocycles. The van der Waals surface area contributed by atoms with Gasteiger partial charge < -0.3 is 20.9 Å². The van der Waals surface area contributed by atoms with E-state index in [0.29, 0.717) is 11.4 Å². The number of halogens is 1. The van der Waals surface area contributed by atoms with E-state index >= 15 is 0 Å². The highest BCUT2D eigenvalue weighted by Crippen LogP contribution is 2.28. The highest BCUT2D eigenvalue weighted by atomic mass is 35.5. The van der Waals surface area contributed by atoms with Crippen LogP contribution in [0.1, 0.15) is 10.4 Å². The second kappa shape index (κ2) is 5.58. The molecule has 0 heterocycles. The number of ether oxygens (including phenoxy) is 1. The van der Waals surface area contributed by atoms with Crippen LogP contribution < -0.4 is 15.8 Å². The normalized spacial score (nSPS) is 9.94. The van der Waals surface area contributed by atoms with E-state index in [1.807, 2.05) is 0 Å². The van der Waals surface area contributed by atoms with Gasteiger partial charge in [-0.3, -0.25) is 4.79 Å². The molecule has 88 valence electrons. The van der Waals surface area contributed by atoms with Gasteiger partial charge in [-0.15, -0.1) is 0 Å². The lowest BCUT2D eigenvalue weighted by Crippen LogP contribution is -2.26. The smallest absolute Gasteiger partial charge is 0.255 e. The molecule has 0 saturated carbocycles. The van der Waals surface area contributed by atoms with Crippen LogP contribution in [0, 0.1) is 0 Å². The van der Waals surface area contributed by atoms with Gasteiger partial charge in [-0.05, 0) is 6.07 Å². The first-order valence-electron chi connectivity index (χ1n) is 4.62. The maximum Gasteiger partial charge on any atom is 0.255 e. The Morgan fingerprint density at radius 3 is 2.88 bits per heavy atom. The third kappa shape index (κ3) is 2.77. The average molecular weight is 245 g/mol. The van der Waals surface area contributed by atoms with Crippen LogP contribution in [-0.2, 0) is 0 Å². The summed E-state index contributed by atoms with van der Waals surface area (Å²) < 4.78 is 5.02. The maximum absolute atomic E-state index is 11.6. The van der Waals surface area contributed by atoms with Gasteiger partial charge in [0.15, 0.2) is 0 Å². The molecule has 0 atom stereocenters. The topological polar surface area (TPSA) is 84.6 Å².